The van der Waals surface area contributed by atoms with E-state index in [1.807, 2.05) is 24.3 Å². The Morgan fingerprint density at radius 1 is 1.06 bits per heavy atom. The van der Waals surface area contributed by atoms with E-state index < -0.39 is 0 Å². The SMILES string of the molecule is Fc1c(Br)cccc1-c1nc2ccccc2[nH]1. The summed E-state index contributed by atoms with van der Waals surface area (Å²) in [6.07, 6.45) is 0. The molecule has 0 aliphatic heterocycles. The molecular weight excluding hydrogens is 283 g/mol. The third-order valence-electron chi connectivity index (χ3n) is 2.60. The Labute approximate surface area is 106 Å². The van der Waals surface area contributed by atoms with Gasteiger partial charge < -0.3 is 4.98 Å². The first-order chi connectivity index (χ1) is 8.25. The van der Waals surface area contributed by atoms with Crippen LogP contribution in [-0.2, 0) is 0 Å². The minimum Gasteiger partial charge on any atom is -0.338 e. The fourth-order valence-electron chi connectivity index (χ4n) is 1.77. The molecule has 0 bridgehead atoms. The molecule has 1 heterocycles. The van der Waals surface area contributed by atoms with Crippen LogP contribution in [0.25, 0.3) is 22.4 Å². The van der Waals surface area contributed by atoms with E-state index in [0.29, 0.717) is 15.9 Å². The van der Waals surface area contributed by atoms with E-state index in [4.69, 9.17) is 0 Å². The zero-order chi connectivity index (χ0) is 11.8. The Bertz CT molecular complexity index is 658. The van der Waals surface area contributed by atoms with E-state index in [0.717, 1.165) is 11.0 Å². The molecule has 0 atom stereocenters. The number of nitrogens with one attached hydrogen (secondary N) is 1. The predicted molar refractivity (Wildman–Crippen MR) is 69.2 cm³/mol. The van der Waals surface area contributed by atoms with Gasteiger partial charge in [-0.2, -0.15) is 0 Å². The minimum atomic E-state index is -0.299. The minimum absolute atomic E-state index is 0.299. The number of aromatic amines is 1. The van der Waals surface area contributed by atoms with Gasteiger partial charge in [-0.3, -0.25) is 0 Å². The van der Waals surface area contributed by atoms with Crippen LogP contribution in [0.3, 0.4) is 0 Å². The Morgan fingerprint density at radius 2 is 1.88 bits per heavy atom. The van der Waals surface area contributed by atoms with Crippen LogP contribution in [-0.4, -0.2) is 9.97 Å². The maximum Gasteiger partial charge on any atom is 0.148 e. The summed E-state index contributed by atoms with van der Waals surface area (Å²) in [5.74, 6) is 0.247. The van der Waals surface area contributed by atoms with E-state index in [9.17, 15) is 4.39 Å². The van der Waals surface area contributed by atoms with Gasteiger partial charge >= 0.3 is 0 Å². The van der Waals surface area contributed by atoms with E-state index in [1.165, 1.54) is 0 Å². The topological polar surface area (TPSA) is 28.7 Å². The van der Waals surface area contributed by atoms with Gasteiger partial charge in [0.1, 0.15) is 11.6 Å². The number of hydrogen-bond donors (Lipinski definition) is 1. The fraction of sp³-hybridized carbons (Fsp3) is 0. The first-order valence-corrected chi connectivity index (χ1v) is 5.94. The Kier molecular flexibility index (Phi) is 2.44. The van der Waals surface area contributed by atoms with Crippen LogP contribution in [0.1, 0.15) is 0 Å². The third-order valence-corrected chi connectivity index (χ3v) is 3.21. The zero-order valence-corrected chi connectivity index (χ0v) is 10.3. The molecule has 0 fully saturated rings. The number of benzene rings is 2. The van der Waals surface area contributed by atoms with Crippen molar-refractivity contribution in [2.75, 3.05) is 0 Å². The van der Waals surface area contributed by atoms with E-state index in [-0.39, 0.29) is 5.82 Å². The Morgan fingerprint density at radius 3 is 2.71 bits per heavy atom. The molecular formula is C13H8BrFN2. The third kappa shape index (κ3) is 1.74. The van der Waals surface area contributed by atoms with Gasteiger partial charge in [0, 0.05) is 0 Å². The smallest absolute Gasteiger partial charge is 0.148 e. The van der Waals surface area contributed by atoms with Crippen molar-refractivity contribution in [3.05, 3.63) is 52.8 Å². The van der Waals surface area contributed by atoms with E-state index in [2.05, 4.69) is 25.9 Å². The lowest BCUT2D eigenvalue weighted by molar-refractivity contribution is 0.623. The van der Waals surface area contributed by atoms with Crippen LogP contribution >= 0.6 is 15.9 Å². The van der Waals surface area contributed by atoms with Crippen LogP contribution < -0.4 is 0 Å². The second-order valence-corrected chi connectivity index (χ2v) is 4.56. The van der Waals surface area contributed by atoms with Gasteiger partial charge in [-0.15, -0.1) is 0 Å². The number of imidazole rings is 1. The summed E-state index contributed by atoms with van der Waals surface area (Å²) >= 11 is 3.17. The van der Waals surface area contributed by atoms with Crippen molar-refractivity contribution >= 4 is 27.0 Å². The molecule has 0 aliphatic rings. The average molecular weight is 291 g/mol. The van der Waals surface area contributed by atoms with Crippen molar-refractivity contribution in [1.29, 1.82) is 0 Å². The van der Waals surface area contributed by atoms with Gasteiger partial charge in [-0.25, -0.2) is 9.37 Å². The summed E-state index contributed by atoms with van der Waals surface area (Å²) in [5.41, 5.74) is 2.21. The molecule has 0 radical (unpaired) electrons. The molecule has 1 aromatic heterocycles. The van der Waals surface area contributed by atoms with Crippen molar-refractivity contribution in [1.82, 2.24) is 9.97 Å². The molecule has 84 valence electrons. The summed E-state index contributed by atoms with van der Waals surface area (Å²) in [6.45, 7) is 0. The molecule has 0 aliphatic carbocycles. The van der Waals surface area contributed by atoms with Gasteiger partial charge in [-0.05, 0) is 40.2 Å². The molecule has 4 heteroatoms. The second-order valence-electron chi connectivity index (χ2n) is 3.70. The summed E-state index contributed by atoms with van der Waals surface area (Å²) in [6, 6.07) is 12.8. The molecule has 2 nitrogen and oxygen atoms in total. The number of fused-ring (bicyclic) bond motifs is 1. The van der Waals surface area contributed by atoms with Crippen LogP contribution in [0.2, 0.25) is 0 Å². The Balaban J connectivity index is 2.24. The summed E-state index contributed by atoms with van der Waals surface area (Å²) in [4.78, 5) is 7.48. The van der Waals surface area contributed by atoms with Gasteiger partial charge in [-0.1, -0.05) is 18.2 Å². The normalized spacial score (nSPS) is 10.9. The maximum absolute atomic E-state index is 13.9. The highest BCUT2D eigenvalue weighted by atomic mass is 79.9. The second kappa shape index (κ2) is 3.96. The summed E-state index contributed by atoms with van der Waals surface area (Å²) in [5, 5.41) is 0. The number of halogens is 2. The zero-order valence-electron chi connectivity index (χ0n) is 8.74. The predicted octanol–water partition coefficient (Wildman–Crippen LogP) is 4.13. The average Bonchev–Trinajstić information content (AvgIpc) is 2.76. The van der Waals surface area contributed by atoms with Crippen LogP contribution in [0.5, 0.6) is 0 Å². The Hall–Kier alpha value is -1.68. The highest BCUT2D eigenvalue weighted by Crippen LogP contribution is 2.27. The lowest BCUT2D eigenvalue weighted by Gasteiger charge is -2.00. The molecule has 0 saturated heterocycles. The number of aromatic nitrogens is 2. The van der Waals surface area contributed by atoms with Crippen molar-refractivity contribution in [2.45, 2.75) is 0 Å². The first kappa shape index (κ1) is 10.5. The number of hydrogen-bond acceptors (Lipinski definition) is 1. The molecule has 1 N–H and O–H groups in total. The number of para-hydroxylation sites is 2. The molecule has 2 aromatic carbocycles. The fourth-order valence-corrected chi connectivity index (χ4v) is 2.13. The van der Waals surface area contributed by atoms with Gasteiger partial charge in [0.25, 0.3) is 0 Å². The molecule has 3 rings (SSSR count). The van der Waals surface area contributed by atoms with Gasteiger partial charge in [0.05, 0.1) is 21.1 Å². The van der Waals surface area contributed by atoms with E-state index >= 15 is 0 Å². The van der Waals surface area contributed by atoms with Gasteiger partial charge in [0.2, 0.25) is 0 Å². The molecule has 0 saturated carbocycles. The highest BCUT2D eigenvalue weighted by molar-refractivity contribution is 9.10. The summed E-state index contributed by atoms with van der Waals surface area (Å²) in [7, 11) is 0. The van der Waals surface area contributed by atoms with Gasteiger partial charge in [0.15, 0.2) is 0 Å². The quantitative estimate of drug-likeness (QED) is 0.717. The van der Waals surface area contributed by atoms with Crippen molar-refractivity contribution < 1.29 is 4.39 Å². The first-order valence-electron chi connectivity index (χ1n) is 5.15. The van der Waals surface area contributed by atoms with Crippen molar-refractivity contribution in [2.24, 2.45) is 0 Å². The largest absolute Gasteiger partial charge is 0.338 e. The van der Waals surface area contributed by atoms with Crippen molar-refractivity contribution in [3.8, 4) is 11.4 Å². The molecule has 0 spiro atoms. The van der Waals surface area contributed by atoms with Crippen LogP contribution in [0.4, 0.5) is 4.39 Å². The molecule has 17 heavy (non-hydrogen) atoms. The highest BCUT2D eigenvalue weighted by Gasteiger charge is 2.11. The summed E-state index contributed by atoms with van der Waals surface area (Å²) < 4.78 is 14.3. The molecule has 0 unspecified atom stereocenters. The maximum atomic E-state index is 13.9. The standard InChI is InChI=1S/C13H8BrFN2/c14-9-5-3-4-8(12(9)15)13-16-10-6-1-2-7-11(10)17-13/h1-7H,(H,16,17). The van der Waals surface area contributed by atoms with Crippen LogP contribution in [0.15, 0.2) is 46.9 Å². The molecule has 3 aromatic rings. The lowest BCUT2D eigenvalue weighted by Crippen LogP contribution is -1.87. The monoisotopic (exact) mass is 290 g/mol. The number of rotatable bonds is 1. The number of H-pyrrole nitrogens is 1. The number of nitrogens with zero attached hydrogens (tertiary/aromatic N) is 1. The van der Waals surface area contributed by atoms with Crippen molar-refractivity contribution in [3.63, 3.8) is 0 Å². The van der Waals surface area contributed by atoms with E-state index in [1.54, 1.807) is 18.2 Å². The van der Waals surface area contributed by atoms with Crippen LogP contribution in [0, 0.1) is 5.82 Å². The molecule has 0 amide bonds. The lowest BCUT2D eigenvalue weighted by atomic mass is 10.2.